The number of aromatic nitrogens is 4. The first-order valence-electron chi connectivity index (χ1n) is 13.4. The van der Waals surface area contributed by atoms with Crippen LogP contribution in [0.25, 0.3) is 6.08 Å². The molecular weight excluding hydrogens is 561 g/mol. The number of nitrogens with zero attached hydrogens (tertiary/aromatic N) is 5. The Morgan fingerprint density at radius 1 is 1.10 bits per heavy atom. The minimum atomic E-state index is -4.49. The smallest absolute Gasteiger partial charge is 0.268 e. The van der Waals surface area contributed by atoms with Crippen LogP contribution in [0.3, 0.4) is 0 Å². The second-order valence-corrected chi connectivity index (χ2v) is 11.7. The van der Waals surface area contributed by atoms with Crippen molar-refractivity contribution in [2.24, 2.45) is 7.05 Å². The van der Waals surface area contributed by atoms with Crippen molar-refractivity contribution in [2.75, 3.05) is 18.5 Å². The van der Waals surface area contributed by atoms with Crippen LogP contribution >= 0.6 is 0 Å². The van der Waals surface area contributed by atoms with Crippen LogP contribution in [0, 0.1) is 5.82 Å². The lowest BCUT2D eigenvalue weighted by molar-refractivity contribution is 0.185. The van der Waals surface area contributed by atoms with Crippen LogP contribution in [0.5, 0.6) is 17.2 Å². The molecule has 42 heavy (non-hydrogen) atoms. The first-order chi connectivity index (χ1) is 20.3. The van der Waals surface area contributed by atoms with Crippen LogP contribution in [0.15, 0.2) is 72.7 Å². The van der Waals surface area contributed by atoms with Crippen molar-refractivity contribution in [3.05, 3.63) is 90.4 Å². The third-order valence-corrected chi connectivity index (χ3v) is 9.22. The Labute approximate surface area is 244 Å². The molecule has 0 spiro atoms. The van der Waals surface area contributed by atoms with Crippen LogP contribution in [-0.2, 0) is 23.6 Å². The molecule has 0 saturated heterocycles. The number of halogens is 1. The third kappa shape index (κ3) is 5.67. The Bertz CT molecular complexity index is 1680. The lowest BCUT2D eigenvalue weighted by Gasteiger charge is -2.26. The lowest BCUT2D eigenvalue weighted by atomic mass is 10.0. The van der Waals surface area contributed by atoms with Crippen molar-refractivity contribution in [1.29, 1.82) is 0 Å². The van der Waals surface area contributed by atoms with E-state index in [0.717, 1.165) is 35.3 Å². The van der Waals surface area contributed by atoms with Crippen molar-refractivity contribution >= 4 is 21.9 Å². The van der Waals surface area contributed by atoms with Gasteiger partial charge in [0.05, 0.1) is 20.8 Å². The molecule has 220 valence electrons. The van der Waals surface area contributed by atoms with E-state index in [0.29, 0.717) is 22.6 Å². The summed E-state index contributed by atoms with van der Waals surface area (Å²) in [5.41, 5.74) is 1.91. The minimum absolute atomic E-state index is 0.0627. The summed E-state index contributed by atoms with van der Waals surface area (Å²) < 4.78 is 64.0. The zero-order valence-corrected chi connectivity index (χ0v) is 24.4. The molecular formula is C30H32FN5O5S. The fraction of sp³-hybridized carbons (Fsp3) is 0.300. The molecule has 0 aliphatic heterocycles. The summed E-state index contributed by atoms with van der Waals surface area (Å²) in [6, 6.07) is 10.8. The molecule has 10 nitrogen and oxygen atoms in total. The zero-order chi connectivity index (χ0) is 29.9. The van der Waals surface area contributed by atoms with E-state index in [1.807, 2.05) is 17.8 Å². The highest BCUT2D eigenvalue weighted by molar-refractivity contribution is 7.92. The molecule has 12 heteroatoms. The van der Waals surface area contributed by atoms with Gasteiger partial charge < -0.3 is 14.2 Å². The fourth-order valence-corrected chi connectivity index (χ4v) is 6.78. The van der Waals surface area contributed by atoms with Gasteiger partial charge in [-0.05, 0) is 43.5 Å². The molecule has 2 heterocycles. The van der Waals surface area contributed by atoms with Crippen LogP contribution in [-0.4, -0.2) is 48.5 Å². The monoisotopic (exact) mass is 593 g/mol. The predicted octanol–water partition coefficient (Wildman–Crippen LogP) is 5.12. The van der Waals surface area contributed by atoms with E-state index in [9.17, 15) is 8.42 Å². The molecule has 2 atom stereocenters. The van der Waals surface area contributed by atoms with Gasteiger partial charge in [-0.2, -0.15) is 5.10 Å². The van der Waals surface area contributed by atoms with Gasteiger partial charge in [0.2, 0.25) is 0 Å². The Morgan fingerprint density at radius 3 is 2.60 bits per heavy atom. The molecule has 0 bridgehead atoms. The highest BCUT2D eigenvalue weighted by Gasteiger charge is 2.34. The van der Waals surface area contributed by atoms with Crippen molar-refractivity contribution in [3.63, 3.8) is 0 Å². The van der Waals surface area contributed by atoms with E-state index in [-0.39, 0.29) is 30.1 Å². The van der Waals surface area contributed by atoms with Gasteiger partial charge in [-0.1, -0.05) is 12.7 Å². The molecule has 0 unspecified atom stereocenters. The molecule has 1 fully saturated rings. The van der Waals surface area contributed by atoms with Gasteiger partial charge in [0.15, 0.2) is 0 Å². The first-order valence-corrected chi connectivity index (χ1v) is 14.8. The summed E-state index contributed by atoms with van der Waals surface area (Å²) in [5.74, 6) is 0.357. The van der Waals surface area contributed by atoms with Gasteiger partial charge in [0.25, 0.3) is 10.0 Å². The second-order valence-electron chi connectivity index (χ2n) is 9.85. The number of sulfonamides is 1. The summed E-state index contributed by atoms with van der Waals surface area (Å²) >= 11 is 0. The Hall–Kier alpha value is -4.45. The van der Waals surface area contributed by atoms with Gasteiger partial charge in [0, 0.05) is 60.4 Å². The molecule has 0 radical (unpaired) electrons. The van der Waals surface area contributed by atoms with Gasteiger partial charge in [-0.3, -0.25) is 4.68 Å². The van der Waals surface area contributed by atoms with Crippen molar-refractivity contribution in [2.45, 2.75) is 42.7 Å². The molecule has 4 aromatic rings. The summed E-state index contributed by atoms with van der Waals surface area (Å²) in [4.78, 5) is 7.51. The van der Waals surface area contributed by atoms with E-state index in [1.54, 1.807) is 24.4 Å². The molecule has 5 rings (SSSR count). The Balaban J connectivity index is 1.52. The number of benzene rings is 2. The predicted molar refractivity (Wildman–Crippen MR) is 156 cm³/mol. The second kappa shape index (κ2) is 12.2. The highest BCUT2D eigenvalue weighted by Crippen LogP contribution is 2.39. The van der Waals surface area contributed by atoms with E-state index >= 15 is 4.39 Å². The van der Waals surface area contributed by atoms with Gasteiger partial charge in [0.1, 0.15) is 46.2 Å². The molecule has 1 saturated carbocycles. The lowest BCUT2D eigenvalue weighted by Crippen LogP contribution is -2.32. The zero-order valence-electron chi connectivity index (χ0n) is 23.6. The molecule has 0 amide bonds. The van der Waals surface area contributed by atoms with Crippen molar-refractivity contribution < 1.29 is 27.0 Å². The van der Waals surface area contributed by atoms with Gasteiger partial charge in [-0.15, -0.1) is 0 Å². The van der Waals surface area contributed by atoms with E-state index in [2.05, 4.69) is 21.6 Å². The highest BCUT2D eigenvalue weighted by atomic mass is 32.2. The summed E-state index contributed by atoms with van der Waals surface area (Å²) in [7, 11) is 0.384. The quantitative estimate of drug-likeness (QED) is 0.236. The summed E-state index contributed by atoms with van der Waals surface area (Å²) in [6.07, 6.45) is 8.26. The molecule has 2 aromatic carbocycles. The van der Waals surface area contributed by atoms with E-state index < -0.39 is 20.7 Å². The van der Waals surface area contributed by atoms with Crippen LogP contribution < -0.4 is 18.5 Å². The number of ether oxygens (including phenoxy) is 3. The number of hydrogen-bond donors (Lipinski definition) is 0. The SMILES string of the molecule is C=Cc1cc(S(=O)(=O)N(Cc2ccc(OC)cc2OC)c2ccncn2)c(F)cc1O[C@H]1CCC[C@@H]1c1ccnn1C. The number of rotatable bonds is 11. The van der Waals surface area contributed by atoms with Crippen LogP contribution in [0.1, 0.15) is 42.0 Å². The molecule has 1 aliphatic rings. The Kier molecular flexibility index (Phi) is 8.44. The number of methoxy groups -OCH3 is 2. The maximum absolute atomic E-state index is 15.8. The molecule has 1 aliphatic carbocycles. The summed E-state index contributed by atoms with van der Waals surface area (Å²) in [5, 5.41) is 4.27. The van der Waals surface area contributed by atoms with E-state index in [4.69, 9.17) is 14.2 Å². The average Bonchev–Trinajstić information content (AvgIpc) is 3.64. The van der Waals surface area contributed by atoms with Crippen LogP contribution in [0.4, 0.5) is 10.2 Å². The largest absolute Gasteiger partial charge is 0.497 e. The number of aryl methyl sites for hydroxylation is 1. The average molecular weight is 594 g/mol. The molecule has 0 N–H and O–H groups in total. The van der Waals surface area contributed by atoms with Gasteiger partial charge >= 0.3 is 0 Å². The van der Waals surface area contributed by atoms with Gasteiger partial charge in [-0.25, -0.2) is 27.1 Å². The van der Waals surface area contributed by atoms with Crippen LogP contribution in [0.2, 0.25) is 0 Å². The van der Waals surface area contributed by atoms with Crippen molar-refractivity contribution in [1.82, 2.24) is 19.7 Å². The van der Waals surface area contributed by atoms with Crippen molar-refractivity contribution in [3.8, 4) is 17.2 Å². The molecule has 2 aromatic heterocycles. The standard InChI is InChI=1S/C30H32FN5O5S/c1-5-20-15-29(24(31)17-28(20)41-26-8-6-7-23(26)25-11-14-34-35(25)2)42(37,38)36(30-12-13-32-19-33-30)18-21-9-10-22(39-3)16-27(21)40-4/h5,9-17,19,23,26H,1,6-8,18H2,2-4H3/t23-,26+/m1/s1. The number of hydrogen-bond acceptors (Lipinski definition) is 8. The van der Waals surface area contributed by atoms with E-state index in [1.165, 1.54) is 45.0 Å². The maximum atomic E-state index is 15.8. The summed E-state index contributed by atoms with van der Waals surface area (Å²) in [6.45, 7) is 3.65. The first kappa shape index (κ1) is 29.1. The topological polar surface area (TPSA) is 109 Å². The maximum Gasteiger partial charge on any atom is 0.268 e. The normalized spacial score (nSPS) is 16.7. The Morgan fingerprint density at radius 2 is 1.93 bits per heavy atom. The third-order valence-electron chi connectivity index (χ3n) is 7.45. The fourth-order valence-electron chi connectivity index (χ4n) is 5.30. The minimum Gasteiger partial charge on any atom is -0.497 e. The number of anilines is 1.